The number of aromatic nitrogens is 3. The fourth-order valence-electron chi connectivity index (χ4n) is 2.54. The van der Waals surface area contributed by atoms with E-state index in [4.69, 9.17) is 0 Å². The minimum atomic E-state index is 0.711. The van der Waals surface area contributed by atoms with Gasteiger partial charge in [0, 0.05) is 18.8 Å². The number of nitrogens with zero attached hydrogens (tertiary/aromatic N) is 4. The molecule has 0 saturated carbocycles. The van der Waals surface area contributed by atoms with Crippen LogP contribution in [0.3, 0.4) is 0 Å². The Morgan fingerprint density at radius 3 is 3.06 bits per heavy atom. The quantitative estimate of drug-likeness (QED) is 0.888. The minimum Gasteiger partial charge on any atom is -0.353 e. The molecule has 1 aliphatic rings. The second-order valence-electron chi connectivity index (χ2n) is 5.17. The molecular weight excluding hydrogens is 226 g/mol. The molecule has 1 atom stereocenters. The summed E-state index contributed by atoms with van der Waals surface area (Å²) in [5.74, 6) is 1.45. The van der Waals surface area contributed by atoms with Gasteiger partial charge < -0.3 is 10.2 Å². The number of hydrogen-bond donors (Lipinski definition) is 1. The Morgan fingerprint density at radius 1 is 1.44 bits per heavy atom. The minimum absolute atomic E-state index is 0.711. The van der Waals surface area contributed by atoms with Crippen LogP contribution in [-0.4, -0.2) is 46.2 Å². The Bertz CT molecular complexity index is 547. The average molecular weight is 245 g/mol. The van der Waals surface area contributed by atoms with Crippen molar-refractivity contribution in [2.24, 2.45) is 5.92 Å². The van der Waals surface area contributed by atoms with Gasteiger partial charge in [-0.1, -0.05) is 6.07 Å². The number of rotatable bonds is 3. The van der Waals surface area contributed by atoms with Crippen molar-refractivity contribution >= 4 is 11.6 Å². The van der Waals surface area contributed by atoms with E-state index in [0.29, 0.717) is 5.92 Å². The van der Waals surface area contributed by atoms with Crippen LogP contribution in [0.5, 0.6) is 0 Å². The van der Waals surface area contributed by atoms with Crippen molar-refractivity contribution in [1.82, 2.24) is 19.5 Å². The van der Waals surface area contributed by atoms with Crippen LogP contribution in [0.1, 0.15) is 12.1 Å². The molecule has 5 nitrogen and oxygen atoms in total. The Kier molecular flexibility index (Phi) is 2.91. The third-order valence-corrected chi connectivity index (χ3v) is 3.59. The normalized spacial score (nSPS) is 20.7. The maximum absolute atomic E-state index is 4.48. The number of fused-ring (bicyclic) bond motifs is 1. The van der Waals surface area contributed by atoms with E-state index in [1.165, 1.54) is 19.5 Å². The average Bonchev–Trinajstić information content (AvgIpc) is 2.93. The van der Waals surface area contributed by atoms with E-state index in [9.17, 15) is 0 Å². The van der Waals surface area contributed by atoms with Crippen molar-refractivity contribution in [3.8, 4) is 0 Å². The summed E-state index contributed by atoms with van der Waals surface area (Å²) in [6, 6.07) is 6.03. The lowest BCUT2D eigenvalue weighted by Gasteiger charge is -2.09. The first-order valence-electron chi connectivity index (χ1n) is 6.47. The van der Waals surface area contributed by atoms with Gasteiger partial charge in [0.25, 0.3) is 0 Å². The number of hydrogen-bond acceptors (Lipinski definition) is 4. The maximum Gasteiger partial charge on any atom is 0.243 e. The zero-order chi connectivity index (χ0) is 12.5. The number of pyridine rings is 1. The molecule has 2 aromatic rings. The van der Waals surface area contributed by atoms with Gasteiger partial charge in [-0.2, -0.15) is 4.98 Å². The Hall–Kier alpha value is -1.62. The molecule has 0 amide bonds. The van der Waals surface area contributed by atoms with E-state index in [1.807, 2.05) is 29.6 Å². The molecule has 1 fully saturated rings. The second kappa shape index (κ2) is 4.57. The lowest BCUT2D eigenvalue weighted by Crippen LogP contribution is -2.19. The van der Waals surface area contributed by atoms with Crippen LogP contribution in [0, 0.1) is 12.8 Å². The first-order chi connectivity index (χ1) is 8.72. The first kappa shape index (κ1) is 11.5. The van der Waals surface area contributed by atoms with E-state index >= 15 is 0 Å². The molecule has 2 aromatic heterocycles. The molecule has 18 heavy (non-hydrogen) atoms. The highest BCUT2D eigenvalue weighted by molar-refractivity contribution is 5.44. The smallest absolute Gasteiger partial charge is 0.243 e. The standard InChI is InChI=1S/C13H19N5/c1-10-4-3-5-12-15-13(16-18(10)12)14-8-11-6-7-17(2)9-11/h3-5,11H,6-9H2,1-2H3,(H,14,16). The maximum atomic E-state index is 4.48. The molecule has 0 spiro atoms. The van der Waals surface area contributed by atoms with Crippen molar-refractivity contribution < 1.29 is 0 Å². The number of nitrogens with one attached hydrogen (secondary N) is 1. The van der Waals surface area contributed by atoms with E-state index in [1.54, 1.807) is 0 Å². The fraction of sp³-hybridized carbons (Fsp3) is 0.538. The van der Waals surface area contributed by atoms with Crippen molar-refractivity contribution in [3.63, 3.8) is 0 Å². The van der Waals surface area contributed by atoms with Gasteiger partial charge in [-0.3, -0.25) is 0 Å². The largest absolute Gasteiger partial charge is 0.353 e. The molecule has 96 valence electrons. The van der Waals surface area contributed by atoms with E-state index in [2.05, 4.69) is 27.3 Å². The highest BCUT2D eigenvalue weighted by Crippen LogP contribution is 2.15. The Balaban J connectivity index is 1.69. The van der Waals surface area contributed by atoms with E-state index in [-0.39, 0.29) is 0 Å². The SMILES string of the molecule is Cc1cccc2nc(NCC3CCN(C)C3)nn12. The summed E-state index contributed by atoms with van der Waals surface area (Å²) in [6.45, 7) is 5.36. The van der Waals surface area contributed by atoms with Gasteiger partial charge in [-0.15, -0.1) is 5.10 Å². The molecule has 3 heterocycles. The van der Waals surface area contributed by atoms with Gasteiger partial charge in [0.05, 0.1) is 0 Å². The molecule has 3 rings (SSSR count). The molecular formula is C13H19N5. The molecule has 1 N–H and O–H groups in total. The molecule has 1 unspecified atom stereocenters. The van der Waals surface area contributed by atoms with E-state index < -0.39 is 0 Å². The molecule has 0 aromatic carbocycles. The summed E-state index contributed by atoms with van der Waals surface area (Å²) in [5, 5.41) is 7.83. The Labute approximate surface area is 107 Å². The fourth-order valence-corrected chi connectivity index (χ4v) is 2.54. The highest BCUT2D eigenvalue weighted by atomic mass is 15.4. The molecule has 0 aliphatic carbocycles. The van der Waals surface area contributed by atoms with Crippen molar-refractivity contribution in [2.75, 3.05) is 32.0 Å². The number of likely N-dealkylation sites (tertiary alicyclic amines) is 1. The van der Waals surface area contributed by atoms with Gasteiger partial charge in [0.2, 0.25) is 5.95 Å². The van der Waals surface area contributed by atoms with Crippen LogP contribution in [0.25, 0.3) is 5.65 Å². The van der Waals surface area contributed by atoms with Crippen molar-refractivity contribution in [3.05, 3.63) is 23.9 Å². The van der Waals surface area contributed by atoms with Gasteiger partial charge in [0.1, 0.15) is 0 Å². The van der Waals surface area contributed by atoms with Crippen LogP contribution in [0.4, 0.5) is 5.95 Å². The van der Waals surface area contributed by atoms with Crippen LogP contribution >= 0.6 is 0 Å². The second-order valence-corrected chi connectivity index (χ2v) is 5.17. The summed E-state index contributed by atoms with van der Waals surface area (Å²) in [6.07, 6.45) is 1.26. The lowest BCUT2D eigenvalue weighted by atomic mass is 10.1. The lowest BCUT2D eigenvalue weighted by molar-refractivity contribution is 0.399. The first-order valence-corrected chi connectivity index (χ1v) is 6.47. The van der Waals surface area contributed by atoms with Crippen LogP contribution in [0.15, 0.2) is 18.2 Å². The zero-order valence-electron chi connectivity index (χ0n) is 10.9. The molecule has 0 radical (unpaired) electrons. The molecule has 1 aliphatic heterocycles. The number of aryl methyl sites for hydroxylation is 1. The van der Waals surface area contributed by atoms with Gasteiger partial charge in [-0.25, -0.2) is 4.52 Å². The predicted octanol–water partition coefficient (Wildman–Crippen LogP) is 1.40. The summed E-state index contributed by atoms with van der Waals surface area (Å²) >= 11 is 0. The van der Waals surface area contributed by atoms with Crippen molar-refractivity contribution in [2.45, 2.75) is 13.3 Å². The molecule has 0 bridgehead atoms. The van der Waals surface area contributed by atoms with Crippen LogP contribution in [0.2, 0.25) is 0 Å². The third-order valence-electron chi connectivity index (χ3n) is 3.59. The summed E-state index contributed by atoms with van der Waals surface area (Å²) in [7, 11) is 2.17. The zero-order valence-corrected chi connectivity index (χ0v) is 10.9. The third kappa shape index (κ3) is 2.18. The summed E-state index contributed by atoms with van der Waals surface area (Å²) in [4.78, 5) is 6.85. The van der Waals surface area contributed by atoms with E-state index in [0.717, 1.165) is 23.8 Å². The summed E-state index contributed by atoms with van der Waals surface area (Å²) < 4.78 is 1.88. The van der Waals surface area contributed by atoms with Crippen molar-refractivity contribution in [1.29, 1.82) is 0 Å². The van der Waals surface area contributed by atoms with Gasteiger partial charge >= 0.3 is 0 Å². The molecule has 5 heteroatoms. The van der Waals surface area contributed by atoms with Crippen LogP contribution in [-0.2, 0) is 0 Å². The summed E-state index contributed by atoms with van der Waals surface area (Å²) in [5.41, 5.74) is 2.01. The predicted molar refractivity (Wildman–Crippen MR) is 71.8 cm³/mol. The van der Waals surface area contributed by atoms with Crippen LogP contribution < -0.4 is 5.32 Å². The highest BCUT2D eigenvalue weighted by Gasteiger charge is 2.19. The Morgan fingerprint density at radius 2 is 2.33 bits per heavy atom. The molecule has 1 saturated heterocycles. The van der Waals surface area contributed by atoms with Gasteiger partial charge in [-0.05, 0) is 45.0 Å². The monoisotopic (exact) mass is 245 g/mol. The van der Waals surface area contributed by atoms with Gasteiger partial charge in [0.15, 0.2) is 5.65 Å². The number of anilines is 1. The topological polar surface area (TPSA) is 45.5 Å².